The summed E-state index contributed by atoms with van der Waals surface area (Å²) < 4.78 is 40.4. The first-order valence-electron chi connectivity index (χ1n) is 6.97. The molecule has 1 aliphatic rings. The van der Waals surface area contributed by atoms with E-state index in [1.807, 2.05) is 6.07 Å². The summed E-state index contributed by atoms with van der Waals surface area (Å²) >= 11 is 0. The highest BCUT2D eigenvalue weighted by Crippen LogP contribution is 2.25. The van der Waals surface area contributed by atoms with Crippen molar-refractivity contribution in [2.24, 2.45) is 5.73 Å². The van der Waals surface area contributed by atoms with Gasteiger partial charge in [0.05, 0.1) is 0 Å². The van der Waals surface area contributed by atoms with Crippen molar-refractivity contribution < 1.29 is 17.9 Å². The van der Waals surface area contributed by atoms with E-state index in [0.29, 0.717) is 6.42 Å². The van der Waals surface area contributed by atoms with Crippen molar-refractivity contribution in [3.8, 4) is 0 Å². The minimum absolute atomic E-state index is 0.0256. The van der Waals surface area contributed by atoms with Gasteiger partial charge in [0, 0.05) is 12.6 Å². The molecule has 1 atom stereocenters. The van der Waals surface area contributed by atoms with E-state index in [-0.39, 0.29) is 12.6 Å². The number of halogens is 3. The van der Waals surface area contributed by atoms with Crippen LogP contribution in [0.2, 0.25) is 0 Å². The summed E-state index contributed by atoms with van der Waals surface area (Å²) in [5.41, 5.74) is 9.71. The minimum atomic E-state index is -4.27. The third kappa shape index (κ3) is 4.49. The molecule has 0 aliphatic heterocycles. The Morgan fingerprint density at radius 1 is 1.15 bits per heavy atom. The van der Waals surface area contributed by atoms with E-state index in [1.54, 1.807) is 0 Å². The molecule has 5 heteroatoms. The maximum Gasteiger partial charge on any atom is 0.411 e. The standard InChI is InChI=1S/C15H20F3NO/c16-15(17,18)10-20-8-7-14(19)13-6-5-11-3-1-2-4-12(11)9-13/h5-6,9,14H,1-4,7-8,10,19H2. The zero-order chi connectivity index (χ0) is 14.6. The molecule has 0 aromatic heterocycles. The van der Waals surface area contributed by atoms with E-state index in [2.05, 4.69) is 16.9 Å². The fourth-order valence-corrected chi connectivity index (χ4v) is 2.55. The van der Waals surface area contributed by atoms with Crippen LogP contribution in [0.5, 0.6) is 0 Å². The average molecular weight is 287 g/mol. The van der Waals surface area contributed by atoms with Crippen LogP contribution in [0.4, 0.5) is 13.2 Å². The summed E-state index contributed by atoms with van der Waals surface area (Å²) in [6.45, 7) is -1.18. The monoisotopic (exact) mass is 287 g/mol. The van der Waals surface area contributed by atoms with Crippen LogP contribution in [0.1, 0.15) is 42.0 Å². The van der Waals surface area contributed by atoms with Crippen molar-refractivity contribution in [1.29, 1.82) is 0 Å². The Hall–Kier alpha value is -1.07. The highest BCUT2D eigenvalue weighted by molar-refractivity contribution is 5.35. The number of aryl methyl sites for hydroxylation is 2. The number of alkyl halides is 3. The molecule has 0 saturated heterocycles. The van der Waals surface area contributed by atoms with Gasteiger partial charge in [-0.1, -0.05) is 18.2 Å². The summed E-state index contributed by atoms with van der Waals surface area (Å²) in [5.74, 6) is 0. The number of rotatable bonds is 5. The predicted octanol–water partition coefficient (Wildman–Crippen LogP) is 3.53. The highest BCUT2D eigenvalue weighted by Gasteiger charge is 2.27. The highest BCUT2D eigenvalue weighted by atomic mass is 19.4. The van der Waals surface area contributed by atoms with Gasteiger partial charge in [-0.2, -0.15) is 13.2 Å². The summed E-state index contributed by atoms with van der Waals surface area (Å²) in [5, 5.41) is 0. The van der Waals surface area contributed by atoms with E-state index in [9.17, 15) is 13.2 Å². The minimum Gasteiger partial charge on any atom is -0.372 e. The van der Waals surface area contributed by atoms with Crippen molar-refractivity contribution in [1.82, 2.24) is 0 Å². The molecule has 2 nitrogen and oxygen atoms in total. The van der Waals surface area contributed by atoms with Crippen LogP contribution >= 0.6 is 0 Å². The Kier molecular flexibility index (Phi) is 5.05. The Labute approximate surface area is 117 Å². The number of fused-ring (bicyclic) bond motifs is 1. The van der Waals surface area contributed by atoms with Crippen molar-refractivity contribution in [2.75, 3.05) is 13.2 Å². The van der Waals surface area contributed by atoms with Gasteiger partial charge >= 0.3 is 6.18 Å². The molecule has 2 rings (SSSR count). The largest absolute Gasteiger partial charge is 0.411 e. The van der Waals surface area contributed by atoms with E-state index < -0.39 is 12.8 Å². The van der Waals surface area contributed by atoms with Gasteiger partial charge in [0.1, 0.15) is 6.61 Å². The molecule has 0 heterocycles. The fraction of sp³-hybridized carbons (Fsp3) is 0.600. The van der Waals surface area contributed by atoms with Gasteiger partial charge in [-0.3, -0.25) is 0 Å². The quantitative estimate of drug-likeness (QED) is 0.841. The molecule has 0 radical (unpaired) electrons. The Balaban J connectivity index is 1.84. The molecule has 20 heavy (non-hydrogen) atoms. The first-order valence-corrected chi connectivity index (χ1v) is 6.97. The number of ether oxygens (including phenoxy) is 1. The Morgan fingerprint density at radius 3 is 2.55 bits per heavy atom. The first-order chi connectivity index (χ1) is 9.46. The average Bonchev–Trinajstić information content (AvgIpc) is 2.42. The van der Waals surface area contributed by atoms with Gasteiger partial charge in [-0.15, -0.1) is 0 Å². The topological polar surface area (TPSA) is 35.2 Å². The lowest BCUT2D eigenvalue weighted by Gasteiger charge is -2.19. The van der Waals surface area contributed by atoms with Crippen molar-refractivity contribution in [3.63, 3.8) is 0 Å². The second kappa shape index (κ2) is 6.59. The number of hydrogen-bond acceptors (Lipinski definition) is 2. The van der Waals surface area contributed by atoms with Gasteiger partial charge in [-0.25, -0.2) is 0 Å². The van der Waals surface area contributed by atoms with Gasteiger partial charge in [0.2, 0.25) is 0 Å². The van der Waals surface area contributed by atoms with Gasteiger partial charge in [0.25, 0.3) is 0 Å². The molecule has 1 unspecified atom stereocenters. The molecule has 0 spiro atoms. The summed E-state index contributed by atoms with van der Waals surface area (Å²) in [4.78, 5) is 0. The predicted molar refractivity (Wildman–Crippen MR) is 71.5 cm³/mol. The third-order valence-electron chi connectivity index (χ3n) is 3.64. The van der Waals surface area contributed by atoms with Crippen molar-refractivity contribution in [2.45, 2.75) is 44.3 Å². The summed E-state index contributed by atoms with van der Waals surface area (Å²) in [6.07, 6.45) is 0.731. The van der Waals surface area contributed by atoms with E-state index in [0.717, 1.165) is 18.4 Å². The van der Waals surface area contributed by atoms with Crippen molar-refractivity contribution >= 4 is 0 Å². The van der Waals surface area contributed by atoms with Crippen LogP contribution in [0.25, 0.3) is 0 Å². The zero-order valence-electron chi connectivity index (χ0n) is 11.4. The van der Waals surface area contributed by atoms with Crippen LogP contribution < -0.4 is 5.73 Å². The smallest absolute Gasteiger partial charge is 0.372 e. The molecule has 0 amide bonds. The molecular formula is C15H20F3NO. The summed E-state index contributed by atoms with van der Waals surface area (Å²) in [7, 11) is 0. The second-order valence-corrected chi connectivity index (χ2v) is 5.30. The van der Waals surface area contributed by atoms with E-state index in [4.69, 9.17) is 5.73 Å². The van der Waals surface area contributed by atoms with Crippen LogP contribution in [0.3, 0.4) is 0 Å². The normalized spacial score (nSPS) is 16.8. The lowest BCUT2D eigenvalue weighted by atomic mass is 9.89. The lowest BCUT2D eigenvalue weighted by Crippen LogP contribution is -2.20. The molecular weight excluding hydrogens is 267 g/mol. The number of nitrogens with two attached hydrogens (primary N) is 1. The molecule has 2 N–H and O–H groups in total. The van der Waals surface area contributed by atoms with Crippen LogP contribution in [0.15, 0.2) is 18.2 Å². The first kappa shape index (κ1) is 15.3. The Bertz CT molecular complexity index is 445. The molecule has 1 aromatic rings. The maximum absolute atomic E-state index is 11.9. The van der Waals surface area contributed by atoms with E-state index in [1.165, 1.54) is 24.0 Å². The van der Waals surface area contributed by atoms with Gasteiger partial charge in [-0.05, 0) is 48.8 Å². The van der Waals surface area contributed by atoms with Gasteiger partial charge < -0.3 is 10.5 Å². The maximum atomic E-state index is 11.9. The van der Waals surface area contributed by atoms with Crippen LogP contribution in [-0.4, -0.2) is 19.4 Å². The third-order valence-corrected chi connectivity index (χ3v) is 3.64. The lowest BCUT2D eigenvalue weighted by molar-refractivity contribution is -0.174. The molecule has 0 fully saturated rings. The molecule has 0 bridgehead atoms. The van der Waals surface area contributed by atoms with Crippen molar-refractivity contribution in [3.05, 3.63) is 34.9 Å². The molecule has 1 aliphatic carbocycles. The Morgan fingerprint density at radius 2 is 1.85 bits per heavy atom. The SMILES string of the molecule is NC(CCOCC(F)(F)F)c1ccc2c(c1)CCCC2. The fourth-order valence-electron chi connectivity index (χ4n) is 2.55. The van der Waals surface area contributed by atoms with Crippen LogP contribution in [0, 0.1) is 0 Å². The zero-order valence-corrected chi connectivity index (χ0v) is 11.4. The number of hydrogen-bond donors (Lipinski definition) is 1. The van der Waals surface area contributed by atoms with Crippen LogP contribution in [-0.2, 0) is 17.6 Å². The molecule has 1 aromatic carbocycles. The molecule has 0 saturated carbocycles. The number of benzene rings is 1. The van der Waals surface area contributed by atoms with E-state index >= 15 is 0 Å². The van der Waals surface area contributed by atoms with Gasteiger partial charge in [0.15, 0.2) is 0 Å². The summed E-state index contributed by atoms with van der Waals surface area (Å²) in [6, 6.07) is 5.91. The molecule has 112 valence electrons. The second-order valence-electron chi connectivity index (χ2n) is 5.30.